The first-order valence-corrected chi connectivity index (χ1v) is 6.40. The van der Waals surface area contributed by atoms with E-state index < -0.39 is 0 Å². The van der Waals surface area contributed by atoms with E-state index in [0.717, 1.165) is 14.8 Å². The van der Waals surface area contributed by atoms with Crippen LogP contribution in [0, 0.1) is 6.92 Å². The van der Waals surface area contributed by atoms with Crippen LogP contribution < -0.4 is 5.32 Å². The van der Waals surface area contributed by atoms with E-state index in [4.69, 9.17) is 0 Å². The summed E-state index contributed by atoms with van der Waals surface area (Å²) >= 11 is 5.76. The molecule has 1 heterocycles. The molecule has 5 heteroatoms. The van der Waals surface area contributed by atoms with Gasteiger partial charge in [-0.2, -0.15) is 0 Å². The third kappa shape index (κ3) is 3.31. The van der Waals surface area contributed by atoms with Gasteiger partial charge in [0.1, 0.15) is 5.01 Å². The fourth-order valence-corrected chi connectivity index (χ4v) is 2.23. The molecule has 0 fully saturated rings. The Kier molecular flexibility index (Phi) is 3.81. The van der Waals surface area contributed by atoms with Crippen LogP contribution in [0.15, 0.2) is 35.4 Å². The highest BCUT2D eigenvalue weighted by Gasteiger charge is 2.05. The zero-order chi connectivity index (χ0) is 12.3. The Morgan fingerprint density at radius 2 is 2.12 bits per heavy atom. The maximum atomic E-state index is 11.8. The highest BCUT2D eigenvalue weighted by Crippen LogP contribution is 2.11. The summed E-state index contributed by atoms with van der Waals surface area (Å²) in [5.41, 5.74) is 0.635. The molecule has 0 saturated heterocycles. The number of benzene rings is 1. The van der Waals surface area contributed by atoms with Gasteiger partial charge in [0, 0.05) is 21.5 Å². The molecule has 0 radical (unpaired) electrons. The summed E-state index contributed by atoms with van der Waals surface area (Å²) in [6.45, 7) is 2.47. The Morgan fingerprint density at radius 1 is 1.41 bits per heavy atom. The number of aromatic nitrogens is 1. The third-order valence-corrected chi connectivity index (χ3v) is 3.41. The monoisotopic (exact) mass is 264 g/mol. The van der Waals surface area contributed by atoms with Gasteiger partial charge in [0.15, 0.2) is 0 Å². The van der Waals surface area contributed by atoms with Gasteiger partial charge in [0.2, 0.25) is 0 Å². The Labute approximate surface area is 109 Å². The second-order valence-electron chi connectivity index (χ2n) is 3.59. The molecule has 0 aliphatic heterocycles. The number of carbonyl (C=O) groups is 1. The maximum Gasteiger partial charge on any atom is 0.251 e. The molecular weight excluding hydrogens is 252 g/mol. The molecule has 1 amide bonds. The molecule has 1 aromatic heterocycles. The van der Waals surface area contributed by atoms with E-state index in [1.165, 1.54) is 0 Å². The van der Waals surface area contributed by atoms with Crippen molar-refractivity contribution in [2.75, 3.05) is 0 Å². The van der Waals surface area contributed by atoms with Gasteiger partial charge in [0.05, 0.1) is 6.54 Å². The second kappa shape index (κ2) is 5.33. The minimum absolute atomic E-state index is 0.0915. The predicted octanol–water partition coefficient (Wildman–Crippen LogP) is 2.67. The first kappa shape index (κ1) is 12.1. The predicted molar refractivity (Wildman–Crippen MR) is 71.7 cm³/mol. The van der Waals surface area contributed by atoms with Crippen molar-refractivity contribution in [1.29, 1.82) is 0 Å². The Balaban J connectivity index is 1.95. The van der Waals surface area contributed by atoms with E-state index in [2.05, 4.69) is 22.9 Å². The quantitative estimate of drug-likeness (QED) is 0.837. The molecule has 1 aromatic carbocycles. The average Bonchev–Trinajstić information content (AvgIpc) is 2.73. The molecule has 3 nitrogen and oxygen atoms in total. The normalized spacial score (nSPS) is 10.2. The van der Waals surface area contributed by atoms with Gasteiger partial charge < -0.3 is 5.32 Å². The number of rotatable bonds is 3. The number of nitrogens with one attached hydrogen (secondary N) is 1. The largest absolute Gasteiger partial charge is 0.346 e. The van der Waals surface area contributed by atoms with Crippen LogP contribution >= 0.6 is 24.0 Å². The molecular formula is C12H12N2OS2. The highest BCUT2D eigenvalue weighted by molar-refractivity contribution is 7.80. The zero-order valence-corrected chi connectivity index (χ0v) is 11.0. The lowest BCUT2D eigenvalue weighted by Gasteiger charge is -2.03. The van der Waals surface area contributed by atoms with Crippen LogP contribution in [0.2, 0.25) is 0 Å². The van der Waals surface area contributed by atoms with Gasteiger partial charge in [-0.1, -0.05) is 0 Å². The standard InChI is InChI=1S/C12H12N2OS2/c1-8-6-13-11(17-8)7-14-12(15)9-2-4-10(16)5-3-9/h2-6,16H,7H2,1H3,(H,14,15). The third-order valence-electron chi connectivity index (χ3n) is 2.20. The summed E-state index contributed by atoms with van der Waals surface area (Å²) in [6.07, 6.45) is 1.81. The van der Waals surface area contributed by atoms with Crippen LogP contribution in [0.5, 0.6) is 0 Å². The minimum atomic E-state index is -0.0915. The Bertz CT molecular complexity index is 520. The van der Waals surface area contributed by atoms with Gasteiger partial charge in [-0.05, 0) is 31.2 Å². The highest BCUT2D eigenvalue weighted by atomic mass is 32.1. The molecule has 88 valence electrons. The number of carbonyl (C=O) groups excluding carboxylic acids is 1. The molecule has 0 atom stereocenters. The molecule has 0 saturated carbocycles. The number of hydrogen-bond donors (Lipinski definition) is 2. The summed E-state index contributed by atoms with van der Waals surface area (Å²) < 4.78 is 0. The number of nitrogens with zero attached hydrogens (tertiary/aromatic N) is 1. The van der Waals surface area contributed by atoms with Gasteiger partial charge in [-0.3, -0.25) is 4.79 Å². The number of amides is 1. The van der Waals surface area contributed by atoms with Crippen molar-refractivity contribution in [2.45, 2.75) is 18.4 Å². The molecule has 2 rings (SSSR count). The minimum Gasteiger partial charge on any atom is -0.346 e. The van der Waals surface area contributed by atoms with E-state index in [1.54, 1.807) is 35.6 Å². The molecule has 17 heavy (non-hydrogen) atoms. The van der Waals surface area contributed by atoms with Crippen molar-refractivity contribution < 1.29 is 4.79 Å². The van der Waals surface area contributed by atoms with Gasteiger partial charge in [-0.25, -0.2) is 4.98 Å². The fraction of sp³-hybridized carbons (Fsp3) is 0.167. The van der Waals surface area contributed by atoms with Crippen molar-refractivity contribution in [2.24, 2.45) is 0 Å². The van der Waals surface area contributed by atoms with Crippen LogP contribution in [0.4, 0.5) is 0 Å². The topological polar surface area (TPSA) is 42.0 Å². The lowest BCUT2D eigenvalue weighted by Crippen LogP contribution is -2.22. The van der Waals surface area contributed by atoms with Gasteiger partial charge >= 0.3 is 0 Å². The summed E-state index contributed by atoms with van der Waals surface area (Å²) in [5, 5.41) is 3.75. The number of thiol groups is 1. The Morgan fingerprint density at radius 3 is 2.71 bits per heavy atom. The molecule has 0 unspecified atom stereocenters. The summed E-state index contributed by atoms with van der Waals surface area (Å²) in [7, 11) is 0. The number of thiazole rings is 1. The summed E-state index contributed by atoms with van der Waals surface area (Å²) in [6, 6.07) is 7.10. The summed E-state index contributed by atoms with van der Waals surface area (Å²) in [4.78, 5) is 18.0. The number of aryl methyl sites for hydroxylation is 1. The zero-order valence-electron chi connectivity index (χ0n) is 9.30. The second-order valence-corrected chi connectivity index (χ2v) is 5.43. The molecule has 0 spiro atoms. The molecule has 0 bridgehead atoms. The van der Waals surface area contributed by atoms with Crippen molar-refractivity contribution in [3.8, 4) is 0 Å². The molecule has 2 aromatic rings. The van der Waals surface area contributed by atoms with E-state index in [9.17, 15) is 4.79 Å². The number of hydrogen-bond acceptors (Lipinski definition) is 4. The van der Waals surface area contributed by atoms with E-state index >= 15 is 0 Å². The molecule has 0 aliphatic carbocycles. The van der Waals surface area contributed by atoms with Gasteiger partial charge in [-0.15, -0.1) is 24.0 Å². The van der Waals surface area contributed by atoms with Crippen LogP contribution in [-0.4, -0.2) is 10.9 Å². The maximum absolute atomic E-state index is 11.8. The van der Waals surface area contributed by atoms with Crippen molar-refractivity contribution in [3.05, 3.63) is 45.9 Å². The molecule has 0 aliphatic rings. The van der Waals surface area contributed by atoms with E-state index in [1.807, 2.05) is 13.1 Å². The lowest BCUT2D eigenvalue weighted by atomic mass is 10.2. The van der Waals surface area contributed by atoms with Crippen molar-refractivity contribution in [1.82, 2.24) is 10.3 Å². The van der Waals surface area contributed by atoms with Crippen molar-refractivity contribution in [3.63, 3.8) is 0 Å². The summed E-state index contributed by atoms with van der Waals surface area (Å²) in [5.74, 6) is -0.0915. The van der Waals surface area contributed by atoms with Crippen molar-refractivity contribution >= 4 is 29.9 Å². The first-order valence-electron chi connectivity index (χ1n) is 5.13. The smallest absolute Gasteiger partial charge is 0.251 e. The Hall–Kier alpha value is -1.33. The van der Waals surface area contributed by atoms with Gasteiger partial charge in [0.25, 0.3) is 5.91 Å². The lowest BCUT2D eigenvalue weighted by molar-refractivity contribution is 0.0951. The van der Waals surface area contributed by atoms with E-state index in [-0.39, 0.29) is 5.91 Å². The average molecular weight is 264 g/mol. The first-order chi connectivity index (χ1) is 8.15. The van der Waals surface area contributed by atoms with E-state index in [0.29, 0.717) is 12.1 Å². The van der Waals surface area contributed by atoms with Crippen LogP contribution in [0.3, 0.4) is 0 Å². The fourth-order valence-electron chi connectivity index (χ4n) is 1.35. The van der Waals surface area contributed by atoms with Crippen LogP contribution in [0.1, 0.15) is 20.2 Å². The van der Waals surface area contributed by atoms with Crippen LogP contribution in [-0.2, 0) is 6.54 Å². The SMILES string of the molecule is Cc1cnc(CNC(=O)c2ccc(S)cc2)s1. The molecule has 1 N–H and O–H groups in total. The van der Waals surface area contributed by atoms with Crippen LogP contribution in [0.25, 0.3) is 0 Å².